The fraction of sp³-hybridized carbons (Fsp3) is 0.158. The van der Waals surface area contributed by atoms with Crippen molar-refractivity contribution in [1.29, 1.82) is 0 Å². The van der Waals surface area contributed by atoms with Crippen LogP contribution in [0, 0.1) is 0 Å². The number of aromatic nitrogens is 2. The molecule has 0 aliphatic heterocycles. The van der Waals surface area contributed by atoms with E-state index < -0.39 is 5.97 Å². The predicted octanol–water partition coefficient (Wildman–Crippen LogP) is 2.49. The normalized spacial score (nSPS) is 10.5. The molecule has 0 atom stereocenters. The van der Waals surface area contributed by atoms with E-state index in [0.29, 0.717) is 27.6 Å². The lowest BCUT2D eigenvalue weighted by Gasteiger charge is -2.11. The van der Waals surface area contributed by atoms with Crippen LogP contribution < -0.4 is 10.3 Å². The van der Waals surface area contributed by atoms with Crippen molar-refractivity contribution in [3.05, 3.63) is 69.6 Å². The summed E-state index contributed by atoms with van der Waals surface area (Å²) < 4.78 is 10.6. The molecule has 7 nitrogen and oxygen atoms in total. The van der Waals surface area contributed by atoms with Gasteiger partial charge in [0.1, 0.15) is 12.4 Å². The van der Waals surface area contributed by atoms with E-state index >= 15 is 0 Å². The second-order valence-electron chi connectivity index (χ2n) is 5.61. The van der Waals surface area contributed by atoms with Crippen LogP contribution in [0.4, 0.5) is 0 Å². The number of esters is 1. The number of aromatic amines is 1. The number of nitrogens with zero attached hydrogens (tertiary/aromatic N) is 1. The number of fused-ring (bicyclic) bond motifs is 1. The number of H-pyrrole nitrogens is 1. The van der Waals surface area contributed by atoms with Crippen molar-refractivity contribution in [2.75, 3.05) is 7.11 Å². The van der Waals surface area contributed by atoms with E-state index in [0.717, 1.165) is 0 Å². The largest absolute Gasteiger partial charge is 0.496 e. The van der Waals surface area contributed by atoms with Crippen LogP contribution in [0.25, 0.3) is 10.8 Å². The third-order valence-electron chi connectivity index (χ3n) is 3.94. The van der Waals surface area contributed by atoms with Gasteiger partial charge in [0, 0.05) is 16.5 Å². The zero-order valence-electron chi connectivity index (χ0n) is 14.2. The van der Waals surface area contributed by atoms with E-state index in [1.165, 1.54) is 14.0 Å². The number of carbonyl (C=O) groups is 2. The summed E-state index contributed by atoms with van der Waals surface area (Å²) in [7, 11) is 1.49. The number of methoxy groups -OCH3 is 1. The minimum atomic E-state index is -0.687. The molecule has 0 aliphatic rings. The average molecular weight is 352 g/mol. The highest BCUT2D eigenvalue weighted by atomic mass is 16.5. The average Bonchev–Trinajstić information content (AvgIpc) is 2.66. The molecule has 0 radical (unpaired) electrons. The number of ketones is 1. The Morgan fingerprint density at radius 3 is 2.54 bits per heavy atom. The zero-order chi connectivity index (χ0) is 18.7. The molecule has 7 heteroatoms. The Hall–Kier alpha value is -3.48. The Morgan fingerprint density at radius 1 is 1.12 bits per heavy atom. The second kappa shape index (κ2) is 7.18. The number of rotatable bonds is 5. The number of nitrogens with one attached hydrogen (secondary N) is 1. The van der Waals surface area contributed by atoms with Gasteiger partial charge in [-0.1, -0.05) is 18.2 Å². The third-order valence-corrected chi connectivity index (χ3v) is 3.94. The van der Waals surface area contributed by atoms with E-state index in [1.807, 2.05) is 0 Å². The predicted molar refractivity (Wildman–Crippen MR) is 94.5 cm³/mol. The van der Waals surface area contributed by atoms with Crippen LogP contribution in [0.15, 0.2) is 47.3 Å². The molecule has 3 aromatic rings. The molecule has 1 N–H and O–H groups in total. The van der Waals surface area contributed by atoms with Crippen LogP contribution >= 0.6 is 0 Å². The van der Waals surface area contributed by atoms with Crippen LogP contribution in [0.1, 0.15) is 33.3 Å². The highest BCUT2D eigenvalue weighted by Crippen LogP contribution is 2.22. The smallest absolute Gasteiger partial charge is 0.359 e. The van der Waals surface area contributed by atoms with Gasteiger partial charge in [-0.3, -0.25) is 9.59 Å². The van der Waals surface area contributed by atoms with Crippen molar-refractivity contribution >= 4 is 22.5 Å². The van der Waals surface area contributed by atoms with Gasteiger partial charge in [0.15, 0.2) is 11.5 Å². The fourth-order valence-corrected chi connectivity index (χ4v) is 2.59. The Bertz CT molecular complexity index is 1060. The van der Waals surface area contributed by atoms with Crippen molar-refractivity contribution < 1.29 is 19.1 Å². The molecule has 3 rings (SSSR count). The molecule has 1 aromatic heterocycles. The SMILES string of the molecule is COc1ccc(C(C)=O)cc1COC(=O)c1n[nH]c(=O)c2ccccc12. The molecule has 0 fully saturated rings. The Labute approximate surface area is 148 Å². The number of carbonyl (C=O) groups excluding carboxylic acids is 2. The summed E-state index contributed by atoms with van der Waals surface area (Å²) in [5, 5.41) is 6.86. The molecule has 0 saturated carbocycles. The van der Waals surface area contributed by atoms with Gasteiger partial charge in [0.25, 0.3) is 5.56 Å². The summed E-state index contributed by atoms with van der Waals surface area (Å²) in [6.07, 6.45) is 0. The highest BCUT2D eigenvalue weighted by Gasteiger charge is 2.17. The van der Waals surface area contributed by atoms with Crippen LogP contribution in [0.5, 0.6) is 5.75 Å². The summed E-state index contributed by atoms with van der Waals surface area (Å²) in [6.45, 7) is 1.35. The lowest BCUT2D eigenvalue weighted by Crippen LogP contribution is -2.16. The molecule has 0 unspecified atom stereocenters. The van der Waals surface area contributed by atoms with Crippen LogP contribution in [0.3, 0.4) is 0 Å². The monoisotopic (exact) mass is 352 g/mol. The molecule has 1 heterocycles. The minimum absolute atomic E-state index is 0.0156. The first-order chi connectivity index (χ1) is 12.5. The Balaban J connectivity index is 1.88. The number of hydrogen-bond acceptors (Lipinski definition) is 6. The Morgan fingerprint density at radius 2 is 1.85 bits per heavy atom. The maximum atomic E-state index is 12.4. The lowest BCUT2D eigenvalue weighted by atomic mass is 10.1. The first-order valence-electron chi connectivity index (χ1n) is 7.83. The summed E-state index contributed by atoms with van der Waals surface area (Å²) in [6, 6.07) is 11.5. The van der Waals surface area contributed by atoms with Gasteiger partial charge < -0.3 is 9.47 Å². The standard InChI is InChI=1S/C19H16N2O5/c1-11(22)12-7-8-16(25-2)13(9-12)10-26-19(24)17-14-5-3-4-6-15(14)18(23)21-20-17/h3-9H,10H2,1-2H3,(H,21,23). The quantitative estimate of drug-likeness (QED) is 0.559. The van der Waals surface area contributed by atoms with E-state index in [2.05, 4.69) is 10.2 Å². The summed E-state index contributed by atoms with van der Waals surface area (Å²) >= 11 is 0. The first-order valence-corrected chi connectivity index (χ1v) is 7.83. The maximum Gasteiger partial charge on any atom is 0.359 e. The number of Topliss-reactive ketones (excluding diaryl/α,β-unsaturated/α-hetero) is 1. The van der Waals surface area contributed by atoms with Crippen molar-refractivity contribution in [1.82, 2.24) is 10.2 Å². The number of hydrogen-bond donors (Lipinski definition) is 1. The van der Waals surface area contributed by atoms with Gasteiger partial charge in [-0.2, -0.15) is 5.10 Å². The highest BCUT2D eigenvalue weighted by molar-refractivity contribution is 6.02. The van der Waals surface area contributed by atoms with Gasteiger partial charge in [-0.15, -0.1) is 0 Å². The molecule has 0 saturated heterocycles. The topological polar surface area (TPSA) is 98.3 Å². The van der Waals surface area contributed by atoms with Gasteiger partial charge in [-0.05, 0) is 31.2 Å². The Kier molecular flexibility index (Phi) is 4.79. The zero-order valence-corrected chi connectivity index (χ0v) is 14.2. The number of ether oxygens (including phenoxy) is 2. The molecular formula is C19H16N2O5. The summed E-state index contributed by atoms with van der Waals surface area (Å²) in [5.74, 6) is -0.289. The molecule has 0 spiro atoms. The fourth-order valence-electron chi connectivity index (χ4n) is 2.59. The molecule has 2 aromatic carbocycles. The minimum Gasteiger partial charge on any atom is -0.496 e. The van der Waals surface area contributed by atoms with Crippen LogP contribution in [-0.4, -0.2) is 29.1 Å². The molecule has 0 bridgehead atoms. The maximum absolute atomic E-state index is 12.4. The van der Waals surface area contributed by atoms with Gasteiger partial charge in [-0.25, -0.2) is 9.89 Å². The molecule has 0 aliphatic carbocycles. The van der Waals surface area contributed by atoms with Crippen molar-refractivity contribution in [3.8, 4) is 5.75 Å². The summed E-state index contributed by atoms with van der Waals surface area (Å²) in [5.41, 5.74) is 0.682. The van der Waals surface area contributed by atoms with Gasteiger partial charge in [0.2, 0.25) is 0 Å². The van der Waals surface area contributed by atoms with Crippen molar-refractivity contribution in [2.24, 2.45) is 0 Å². The van der Waals surface area contributed by atoms with E-state index in [9.17, 15) is 14.4 Å². The molecule has 132 valence electrons. The second-order valence-corrected chi connectivity index (χ2v) is 5.61. The van der Waals surface area contributed by atoms with Crippen molar-refractivity contribution in [3.63, 3.8) is 0 Å². The number of benzene rings is 2. The van der Waals surface area contributed by atoms with Crippen LogP contribution in [-0.2, 0) is 11.3 Å². The van der Waals surface area contributed by atoms with E-state index in [1.54, 1.807) is 42.5 Å². The first kappa shape index (κ1) is 17.3. The molecule has 26 heavy (non-hydrogen) atoms. The van der Waals surface area contributed by atoms with Gasteiger partial charge >= 0.3 is 5.97 Å². The molecular weight excluding hydrogens is 336 g/mol. The van der Waals surface area contributed by atoms with E-state index in [-0.39, 0.29) is 23.6 Å². The lowest BCUT2D eigenvalue weighted by molar-refractivity contribution is 0.0464. The molecule has 0 amide bonds. The summed E-state index contributed by atoms with van der Waals surface area (Å²) in [4.78, 5) is 35.8. The van der Waals surface area contributed by atoms with Crippen molar-refractivity contribution in [2.45, 2.75) is 13.5 Å². The third kappa shape index (κ3) is 3.32. The van der Waals surface area contributed by atoms with E-state index in [4.69, 9.17) is 9.47 Å². The van der Waals surface area contributed by atoms with Crippen LogP contribution in [0.2, 0.25) is 0 Å². The van der Waals surface area contributed by atoms with Gasteiger partial charge in [0.05, 0.1) is 12.5 Å².